The summed E-state index contributed by atoms with van der Waals surface area (Å²) in [7, 11) is 0. The fraction of sp³-hybridized carbons (Fsp3) is 0.588. The lowest BCUT2D eigenvalue weighted by Crippen LogP contribution is -2.41. The minimum atomic E-state index is 0.346. The summed E-state index contributed by atoms with van der Waals surface area (Å²) in [6.45, 7) is 5.97. The maximum absolute atomic E-state index is 5.63. The van der Waals surface area contributed by atoms with Crippen molar-refractivity contribution in [1.29, 1.82) is 0 Å². The number of nitrogens with one attached hydrogen (secondary N) is 1. The quantitative estimate of drug-likeness (QED) is 0.868. The van der Waals surface area contributed by atoms with E-state index in [1.54, 1.807) is 0 Å². The van der Waals surface area contributed by atoms with Crippen LogP contribution in [0, 0.1) is 6.92 Å². The second-order valence-corrected chi connectivity index (χ2v) is 6.55. The van der Waals surface area contributed by atoms with Crippen LogP contribution in [0.4, 0.5) is 0 Å². The second kappa shape index (κ2) is 6.75. The van der Waals surface area contributed by atoms with Gasteiger partial charge in [-0.2, -0.15) is 0 Å². The van der Waals surface area contributed by atoms with Gasteiger partial charge in [0.2, 0.25) is 0 Å². The molecule has 0 bridgehead atoms. The molecule has 2 aliphatic rings. The number of thiocarbonyl (C=S) groups is 1. The molecule has 0 radical (unpaired) electrons. The van der Waals surface area contributed by atoms with Gasteiger partial charge in [0.1, 0.15) is 0 Å². The number of hydrogen-bond donors (Lipinski definition) is 1. The summed E-state index contributed by atoms with van der Waals surface area (Å²) in [4.78, 5) is 2.30. The summed E-state index contributed by atoms with van der Waals surface area (Å²) in [5.41, 5.74) is 2.76. The van der Waals surface area contributed by atoms with Crippen LogP contribution in [0.1, 0.15) is 36.3 Å². The first-order valence-electron chi connectivity index (χ1n) is 7.93. The Morgan fingerprint density at radius 1 is 1.33 bits per heavy atom. The average molecular weight is 304 g/mol. The molecule has 3 nitrogen and oxygen atoms in total. The van der Waals surface area contributed by atoms with Crippen LogP contribution in [0.2, 0.25) is 0 Å². The van der Waals surface area contributed by atoms with E-state index in [9.17, 15) is 0 Å². The molecule has 0 saturated carbocycles. The van der Waals surface area contributed by atoms with Crippen LogP contribution >= 0.6 is 12.2 Å². The summed E-state index contributed by atoms with van der Waals surface area (Å²) < 4.78 is 5.63. The standard InChI is InChI=1S/C17H24N2OS/c1-13-4-6-14(7-5-13)15-8-9-19(12-15)17(21)18-11-16-3-2-10-20-16/h4-7,15-16H,2-3,8-12H2,1H3,(H,18,21). The lowest BCUT2D eigenvalue weighted by Gasteiger charge is -2.22. The first-order valence-corrected chi connectivity index (χ1v) is 8.34. The Morgan fingerprint density at radius 2 is 2.14 bits per heavy atom. The van der Waals surface area contributed by atoms with Crippen molar-refractivity contribution in [3.05, 3.63) is 35.4 Å². The minimum Gasteiger partial charge on any atom is -0.376 e. The molecule has 2 atom stereocenters. The highest BCUT2D eigenvalue weighted by molar-refractivity contribution is 7.80. The number of aryl methyl sites for hydroxylation is 1. The molecule has 1 aromatic rings. The molecule has 3 rings (SSSR count). The molecule has 2 saturated heterocycles. The molecule has 0 amide bonds. The average Bonchev–Trinajstić information content (AvgIpc) is 3.17. The van der Waals surface area contributed by atoms with Crippen LogP contribution in [0.15, 0.2) is 24.3 Å². The highest BCUT2D eigenvalue weighted by Crippen LogP contribution is 2.27. The van der Waals surface area contributed by atoms with Crippen molar-refractivity contribution in [1.82, 2.24) is 10.2 Å². The molecule has 2 fully saturated rings. The Hall–Kier alpha value is -1.13. The largest absolute Gasteiger partial charge is 0.376 e. The van der Waals surface area contributed by atoms with E-state index in [-0.39, 0.29) is 0 Å². The monoisotopic (exact) mass is 304 g/mol. The van der Waals surface area contributed by atoms with Gasteiger partial charge in [-0.3, -0.25) is 0 Å². The van der Waals surface area contributed by atoms with Gasteiger partial charge in [0, 0.05) is 32.2 Å². The van der Waals surface area contributed by atoms with Gasteiger partial charge in [-0.25, -0.2) is 0 Å². The Labute approximate surface area is 132 Å². The Bertz CT molecular complexity index is 482. The van der Waals surface area contributed by atoms with Crippen LogP contribution in [-0.2, 0) is 4.74 Å². The molecule has 2 heterocycles. The number of hydrogen-bond acceptors (Lipinski definition) is 2. The normalized spacial score (nSPS) is 25.3. The molecule has 0 aliphatic carbocycles. The third-order valence-electron chi connectivity index (χ3n) is 4.53. The Kier molecular flexibility index (Phi) is 4.76. The van der Waals surface area contributed by atoms with Gasteiger partial charge in [-0.15, -0.1) is 0 Å². The molecule has 2 unspecified atom stereocenters. The van der Waals surface area contributed by atoms with E-state index >= 15 is 0 Å². The predicted molar refractivity (Wildman–Crippen MR) is 89.7 cm³/mol. The van der Waals surface area contributed by atoms with Crippen LogP contribution in [-0.4, -0.2) is 42.4 Å². The van der Waals surface area contributed by atoms with E-state index in [2.05, 4.69) is 41.4 Å². The Morgan fingerprint density at radius 3 is 2.86 bits per heavy atom. The molecule has 0 aromatic heterocycles. The minimum absolute atomic E-state index is 0.346. The summed E-state index contributed by atoms with van der Waals surface area (Å²) in [5, 5.41) is 4.27. The van der Waals surface area contributed by atoms with Crippen LogP contribution < -0.4 is 5.32 Å². The van der Waals surface area contributed by atoms with Gasteiger partial charge in [-0.05, 0) is 44.0 Å². The molecule has 21 heavy (non-hydrogen) atoms. The fourth-order valence-electron chi connectivity index (χ4n) is 3.17. The van der Waals surface area contributed by atoms with E-state index < -0.39 is 0 Å². The SMILES string of the molecule is Cc1ccc(C2CCN(C(=S)NCC3CCCO3)C2)cc1. The van der Waals surface area contributed by atoms with Gasteiger partial charge < -0.3 is 15.0 Å². The van der Waals surface area contributed by atoms with Crippen molar-refractivity contribution >= 4 is 17.3 Å². The van der Waals surface area contributed by atoms with Crippen molar-refractivity contribution in [3.63, 3.8) is 0 Å². The molecule has 114 valence electrons. The van der Waals surface area contributed by atoms with Gasteiger partial charge in [0.05, 0.1) is 6.10 Å². The molecule has 1 N–H and O–H groups in total. The molecule has 2 aliphatic heterocycles. The molecule has 4 heteroatoms. The van der Waals surface area contributed by atoms with E-state index in [0.717, 1.165) is 37.8 Å². The van der Waals surface area contributed by atoms with Gasteiger partial charge >= 0.3 is 0 Å². The highest BCUT2D eigenvalue weighted by atomic mass is 32.1. The number of benzene rings is 1. The lowest BCUT2D eigenvalue weighted by atomic mass is 9.98. The van der Waals surface area contributed by atoms with Gasteiger partial charge in [0.25, 0.3) is 0 Å². The van der Waals surface area contributed by atoms with E-state index in [1.165, 1.54) is 24.0 Å². The zero-order valence-corrected chi connectivity index (χ0v) is 13.5. The predicted octanol–water partition coefficient (Wildman–Crippen LogP) is 2.84. The second-order valence-electron chi connectivity index (χ2n) is 6.16. The highest BCUT2D eigenvalue weighted by Gasteiger charge is 2.26. The van der Waals surface area contributed by atoms with Crippen LogP contribution in [0.5, 0.6) is 0 Å². The maximum Gasteiger partial charge on any atom is 0.169 e. The third-order valence-corrected chi connectivity index (χ3v) is 4.93. The van der Waals surface area contributed by atoms with Crippen molar-refractivity contribution in [2.45, 2.75) is 38.2 Å². The van der Waals surface area contributed by atoms with Crippen molar-refractivity contribution in [3.8, 4) is 0 Å². The molecule has 1 aromatic carbocycles. The number of rotatable bonds is 3. The number of likely N-dealkylation sites (tertiary alicyclic amines) is 1. The summed E-state index contributed by atoms with van der Waals surface area (Å²) in [5.74, 6) is 0.605. The van der Waals surface area contributed by atoms with E-state index in [4.69, 9.17) is 17.0 Å². The number of nitrogens with zero attached hydrogens (tertiary/aromatic N) is 1. The third kappa shape index (κ3) is 3.74. The van der Waals surface area contributed by atoms with Crippen molar-refractivity contribution in [2.75, 3.05) is 26.2 Å². The number of ether oxygens (including phenoxy) is 1. The Balaban J connectivity index is 1.49. The first-order chi connectivity index (χ1) is 10.2. The van der Waals surface area contributed by atoms with Crippen LogP contribution in [0.25, 0.3) is 0 Å². The zero-order valence-electron chi connectivity index (χ0n) is 12.7. The summed E-state index contributed by atoms with van der Waals surface area (Å²) >= 11 is 5.53. The summed E-state index contributed by atoms with van der Waals surface area (Å²) in [6.07, 6.45) is 3.86. The molecular weight excluding hydrogens is 280 g/mol. The van der Waals surface area contributed by atoms with Crippen LogP contribution in [0.3, 0.4) is 0 Å². The van der Waals surface area contributed by atoms with Gasteiger partial charge in [-0.1, -0.05) is 29.8 Å². The zero-order chi connectivity index (χ0) is 14.7. The first kappa shape index (κ1) is 14.8. The van der Waals surface area contributed by atoms with E-state index in [0.29, 0.717) is 12.0 Å². The van der Waals surface area contributed by atoms with E-state index in [1.807, 2.05) is 0 Å². The molecule has 0 spiro atoms. The van der Waals surface area contributed by atoms with Crippen molar-refractivity contribution < 1.29 is 4.74 Å². The van der Waals surface area contributed by atoms with Gasteiger partial charge in [0.15, 0.2) is 5.11 Å². The fourth-order valence-corrected chi connectivity index (χ4v) is 3.42. The molecular formula is C17H24N2OS. The topological polar surface area (TPSA) is 24.5 Å². The smallest absolute Gasteiger partial charge is 0.169 e. The maximum atomic E-state index is 5.63. The summed E-state index contributed by atoms with van der Waals surface area (Å²) in [6, 6.07) is 8.91. The van der Waals surface area contributed by atoms with Crippen molar-refractivity contribution in [2.24, 2.45) is 0 Å². The lowest BCUT2D eigenvalue weighted by molar-refractivity contribution is 0.113.